The summed E-state index contributed by atoms with van der Waals surface area (Å²) in [5.74, 6) is -0.495. The SMILES string of the molecule is COC(=O)C(N)/C(=C/Cl)c1cccs1.Cl. The Balaban J connectivity index is 0.00000196. The van der Waals surface area contributed by atoms with E-state index in [0.717, 1.165) is 4.88 Å². The molecule has 6 heteroatoms. The Kier molecular flexibility index (Phi) is 6.60. The predicted octanol–water partition coefficient (Wildman–Crippen LogP) is 2.25. The molecule has 0 aliphatic carbocycles. The highest BCUT2D eigenvalue weighted by Crippen LogP contribution is 2.23. The van der Waals surface area contributed by atoms with E-state index in [9.17, 15) is 4.79 Å². The van der Waals surface area contributed by atoms with Crippen LogP contribution in [0.15, 0.2) is 23.0 Å². The molecule has 2 N–H and O–H groups in total. The van der Waals surface area contributed by atoms with E-state index in [1.54, 1.807) is 0 Å². The van der Waals surface area contributed by atoms with E-state index in [2.05, 4.69) is 4.74 Å². The van der Waals surface area contributed by atoms with Gasteiger partial charge in [0.25, 0.3) is 0 Å². The van der Waals surface area contributed by atoms with Crippen LogP contribution in [-0.4, -0.2) is 19.1 Å². The number of esters is 1. The monoisotopic (exact) mass is 267 g/mol. The molecule has 0 spiro atoms. The molecule has 0 saturated carbocycles. The van der Waals surface area contributed by atoms with Crippen LogP contribution in [0.2, 0.25) is 0 Å². The van der Waals surface area contributed by atoms with Gasteiger partial charge in [-0.15, -0.1) is 23.7 Å². The lowest BCUT2D eigenvalue weighted by Gasteiger charge is -2.10. The first-order valence-corrected chi connectivity index (χ1v) is 5.20. The lowest BCUT2D eigenvalue weighted by Crippen LogP contribution is -2.32. The second-order valence-corrected chi connectivity index (χ2v) is 3.71. The molecular weight excluding hydrogens is 257 g/mol. The minimum Gasteiger partial charge on any atom is -0.468 e. The van der Waals surface area contributed by atoms with E-state index in [4.69, 9.17) is 17.3 Å². The fraction of sp³-hybridized carbons (Fsp3) is 0.222. The Morgan fingerprint density at radius 2 is 2.40 bits per heavy atom. The molecule has 15 heavy (non-hydrogen) atoms. The molecule has 0 aliphatic heterocycles. The summed E-state index contributed by atoms with van der Waals surface area (Å²) in [4.78, 5) is 12.0. The van der Waals surface area contributed by atoms with Gasteiger partial charge in [0.05, 0.1) is 7.11 Å². The van der Waals surface area contributed by atoms with E-state index >= 15 is 0 Å². The predicted molar refractivity (Wildman–Crippen MR) is 65.4 cm³/mol. The van der Waals surface area contributed by atoms with Gasteiger partial charge in [0.15, 0.2) is 0 Å². The number of carbonyl (C=O) groups excluding carboxylic acids is 1. The fourth-order valence-corrected chi connectivity index (χ4v) is 2.07. The van der Waals surface area contributed by atoms with E-state index in [-0.39, 0.29) is 12.4 Å². The molecule has 0 amide bonds. The van der Waals surface area contributed by atoms with Gasteiger partial charge in [0, 0.05) is 16.0 Å². The molecule has 84 valence electrons. The minimum atomic E-state index is -0.823. The van der Waals surface area contributed by atoms with Gasteiger partial charge in [0.1, 0.15) is 6.04 Å². The molecule has 0 fully saturated rings. The minimum absolute atomic E-state index is 0. The van der Waals surface area contributed by atoms with Crippen LogP contribution in [0.4, 0.5) is 0 Å². The molecule has 1 rings (SSSR count). The number of hydrogen-bond acceptors (Lipinski definition) is 4. The van der Waals surface area contributed by atoms with Crippen molar-refractivity contribution in [3.8, 4) is 0 Å². The summed E-state index contributed by atoms with van der Waals surface area (Å²) >= 11 is 7.08. The average molecular weight is 268 g/mol. The average Bonchev–Trinajstić information content (AvgIpc) is 2.71. The number of hydrogen-bond donors (Lipinski definition) is 1. The van der Waals surface area contributed by atoms with Crippen molar-refractivity contribution < 1.29 is 9.53 Å². The third kappa shape index (κ3) is 3.50. The first-order valence-electron chi connectivity index (χ1n) is 3.88. The van der Waals surface area contributed by atoms with Crippen molar-refractivity contribution in [2.45, 2.75) is 6.04 Å². The summed E-state index contributed by atoms with van der Waals surface area (Å²) < 4.78 is 4.53. The van der Waals surface area contributed by atoms with Crippen molar-refractivity contribution in [1.29, 1.82) is 0 Å². The van der Waals surface area contributed by atoms with Crippen LogP contribution in [0, 0.1) is 0 Å². The number of halogens is 2. The first-order chi connectivity index (χ1) is 6.70. The molecule has 1 atom stereocenters. The van der Waals surface area contributed by atoms with Gasteiger partial charge in [-0.3, -0.25) is 4.79 Å². The zero-order chi connectivity index (χ0) is 10.6. The summed E-state index contributed by atoms with van der Waals surface area (Å²) in [5, 5.41) is 1.89. The van der Waals surface area contributed by atoms with Crippen molar-refractivity contribution in [1.82, 2.24) is 0 Å². The second-order valence-electron chi connectivity index (χ2n) is 2.54. The maximum atomic E-state index is 11.2. The highest BCUT2D eigenvalue weighted by Gasteiger charge is 2.20. The number of carbonyl (C=O) groups is 1. The van der Waals surface area contributed by atoms with Crippen LogP contribution >= 0.6 is 35.3 Å². The standard InChI is InChI=1S/C9H10ClNO2S.ClH/c1-13-9(12)8(11)6(5-10)7-3-2-4-14-7;/h2-5,8H,11H2,1H3;1H/b6-5+;. The van der Waals surface area contributed by atoms with Crippen molar-refractivity contribution in [2.75, 3.05) is 7.11 Å². The van der Waals surface area contributed by atoms with Crippen molar-refractivity contribution in [3.05, 3.63) is 27.9 Å². The Hall–Kier alpha value is -0.550. The van der Waals surface area contributed by atoms with Crippen molar-refractivity contribution in [3.63, 3.8) is 0 Å². The van der Waals surface area contributed by atoms with Gasteiger partial charge in [-0.25, -0.2) is 0 Å². The van der Waals surface area contributed by atoms with Crippen molar-refractivity contribution in [2.24, 2.45) is 5.73 Å². The van der Waals surface area contributed by atoms with Gasteiger partial charge in [0.2, 0.25) is 0 Å². The van der Waals surface area contributed by atoms with Gasteiger partial charge >= 0.3 is 5.97 Å². The molecule has 1 aromatic rings. The lowest BCUT2D eigenvalue weighted by atomic mass is 10.1. The summed E-state index contributed by atoms with van der Waals surface area (Å²) in [6.07, 6.45) is 0. The molecule has 0 saturated heterocycles. The Labute approximate surface area is 103 Å². The molecule has 0 aliphatic rings. The van der Waals surface area contributed by atoms with E-state index in [1.807, 2.05) is 17.5 Å². The van der Waals surface area contributed by atoms with Crippen LogP contribution < -0.4 is 5.73 Å². The van der Waals surface area contributed by atoms with Crippen LogP contribution in [0.25, 0.3) is 5.57 Å². The van der Waals surface area contributed by atoms with E-state index < -0.39 is 12.0 Å². The van der Waals surface area contributed by atoms with Crippen molar-refractivity contribution >= 4 is 46.9 Å². The number of rotatable bonds is 3. The maximum absolute atomic E-state index is 11.2. The zero-order valence-corrected chi connectivity index (χ0v) is 10.4. The number of ether oxygens (including phenoxy) is 1. The Morgan fingerprint density at radius 1 is 1.73 bits per heavy atom. The fourth-order valence-electron chi connectivity index (χ4n) is 0.972. The van der Waals surface area contributed by atoms with Gasteiger partial charge in [-0.05, 0) is 11.4 Å². The summed E-state index contributed by atoms with van der Waals surface area (Å²) in [5.41, 5.74) is 7.54. The highest BCUT2D eigenvalue weighted by molar-refractivity contribution is 7.11. The van der Waals surface area contributed by atoms with Crippen LogP contribution in [0.3, 0.4) is 0 Å². The summed E-state index contributed by atoms with van der Waals surface area (Å²) in [7, 11) is 1.29. The summed E-state index contributed by atoms with van der Waals surface area (Å²) in [6, 6.07) is 2.89. The molecule has 0 aromatic carbocycles. The summed E-state index contributed by atoms with van der Waals surface area (Å²) in [6.45, 7) is 0. The molecular formula is C9H11Cl2NO2S. The quantitative estimate of drug-likeness (QED) is 0.855. The third-order valence-electron chi connectivity index (χ3n) is 1.71. The van der Waals surface area contributed by atoms with Gasteiger partial charge in [-0.2, -0.15) is 0 Å². The Bertz CT molecular complexity index is 338. The molecule has 1 aromatic heterocycles. The normalized spacial score (nSPS) is 12.9. The van der Waals surface area contributed by atoms with Gasteiger partial charge in [-0.1, -0.05) is 17.7 Å². The molecule has 0 radical (unpaired) electrons. The topological polar surface area (TPSA) is 52.3 Å². The van der Waals surface area contributed by atoms with Crippen LogP contribution in [-0.2, 0) is 9.53 Å². The number of methoxy groups -OCH3 is 1. The molecule has 1 unspecified atom stereocenters. The second kappa shape index (κ2) is 6.85. The number of thiophene rings is 1. The van der Waals surface area contributed by atoms with E-state index in [1.165, 1.54) is 24.0 Å². The smallest absolute Gasteiger partial charge is 0.327 e. The Morgan fingerprint density at radius 3 is 2.80 bits per heavy atom. The van der Waals surface area contributed by atoms with Gasteiger partial charge < -0.3 is 10.5 Å². The third-order valence-corrected chi connectivity index (χ3v) is 2.87. The largest absolute Gasteiger partial charge is 0.468 e. The molecule has 3 nitrogen and oxygen atoms in total. The number of nitrogens with two attached hydrogens (primary N) is 1. The van der Waals surface area contributed by atoms with E-state index in [0.29, 0.717) is 5.57 Å². The maximum Gasteiger partial charge on any atom is 0.327 e. The van der Waals surface area contributed by atoms with Crippen LogP contribution in [0.5, 0.6) is 0 Å². The van der Waals surface area contributed by atoms with Crippen LogP contribution in [0.1, 0.15) is 4.88 Å². The molecule has 0 bridgehead atoms. The molecule has 1 heterocycles. The lowest BCUT2D eigenvalue weighted by molar-refractivity contribution is -0.140. The first kappa shape index (κ1) is 14.5. The zero-order valence-electron chi connectivity index (χ0n) is 7.98. The highest BCUT2D eigenvalue weighted by atomic mass is 35.5.